The van der Waals surface area contributed by atoms with Crippen LogP contribution in [0.15, 0.2) is 54.7 Å². The summed E-state index contributed by atoms with van der Waals surface area (Å²) in [5, 5.41) is 0. The maximum absolute atomic E-state index is 13.4. The van der Waals surface area contributed by atoms with E-state index in [0.717, 1.165) is 26.2 Å². The van der Waals surface area contributed by atoms with Gasteiger partial charge >= 0.3 is 0 Å². The molecular formula is C20H23N3O+2. The van der Waals surface area contributed by atoms with Gasteiger partial charge in [-0.2, -0.15) is 0 Å². The van der Waals surface area contributed by atoms with Crippen LogP contribution in [0.1, 0.15) is 24.3 Å². The Balaban J connectivity index is 1.62. The van der Waals surface area contributed by atoms with Crippen LogP contribution in [-0.2, 0) is 10.2 Å². The summed E-state index contributed by atoms with van der Waals surface area (Å²) in [5.41, 5.74) is 1.85. The molecule has 4 nitrogen and oxygen atoms in total. The van der Waals surface area contributed by atoms with Crippen LogP contribution in [0.4, 0.5) is 0 Å². The second kappa shape index (κ2) is 4.74. The minimum absolute atomic E-state index is 0.206. The molecule has 4 aliphatic heterocycles. The minimum Gasteiger partial charge on any atom is -0.297 e. The molecule has 4 bridgehead atoms. The maximum Gasteiger partial charge on any atom is 0.257 e. The van der Waals surface area contributed by atoms with Crippen molar-refractivity contribution in [3.8, 4) is 0 Å². The first-order valence-electron chi connectivity index (χ1n) is 8.83. The van der Waals surface area contributed by atoms with Crippen LogP contribution >= 0.6 is 0 Å². The minimum atomic E-state index is -0.317. The predicted molar refractivity (Wildman–Crippen MR) is 89.6 cm³/mol. The normalized spacial score (nSPS) is 40.0. The quantitative estimate of drug-likeness (QED) is 0.776. The molecule has 2 N–H and O–H groups in total. The molecule has 4 fully saturated rings. The molecule has 2 unspecified atom stereocenters. The Morgan fingerprint density at radius 3 is 2.25 bits per heavy atom. The summed E-state index contributed by atoms with van der Waals surface area (Å²) in [7, 11) is 0. The van der Waals surface area contributed by atoms with E-state index in [0.29, 0.717) is 11.9 Å². The molecule has 4 aliphatic rings. The summed E-state index contributed by atoms with van der Waals surface area (Å²) in [5.74, 6) is 0.466. The Hall–Kier alpha value is -2.04. The fourth-order valence-corrected chi connectivity index (χ4v) is 5.68. The predicted octanol–water partition coefficient (Wildman–Crippen LogP) is -0.596. The van der Waals surface area contributed by atoms with E-state index in [2.05, 4.69) is 48.3 Å². The number of nitrogens with zero attached hydrogens (tertiary/aromatic N) is 1. The second-order valence-corrected chi connectivity index (χ2v) is 8.05. The summed E-state index contributed by atoms with van der Waals surface area (Å²) in [6.07, 6.45) is 2.26. The van der Waals surface area contributed by atoms with Gasteiger partial charge in [0.1, 0.15) is 31.6 Å². The average molecular weight is 321 g/mol. The zero-order valence-electron chi connectivity index (χ0n) is 14.0. The lowest BCUT2D eigenvalue weighted by molar-refractivity contribution is -1.18. The Kier molecular flexibility index (Phi) is 2.83. The molecule has 0 saturated carbocycles. The molecule has 5 heterocycles. The van der Waals surface area contributed by atoms with Crippen molar-refractivity contribution >= 4 is 5.78 Å². The molecular weight excluding hydrogens is 298 g/mol. The van der Waals surface area contributed by atoms with Crippen LogP contribution in [-0.4, -0.2) is 36.9 Å². The topological polar surface area (TPSA) is 38.8 Å². The van der Waals surface area contributed by atoms with Crippen LogP contribution in [0.5, 0.6) is 0 Å². The first kappa shape index (κ1) is 14.3. The highest BCUT2D eigenvalue weighted by Crippen LogP contribution is 2.38. The van der Waals surface area contributed by atoms with Crippen molar-refractivity contribution in [2.24, 2.45) is 5.41 Å². The molecule has 24 heavy (non-hydrogen) atoms. The lowest BCUT2D eigenvalue weighted by Crippen LogP contribution is -3.41. The number of hydrogen-bond donors (Lipinski definition) is 2. The standard InChI is InChI=1S/C20H21N3O/c1-19-11-22-13-20(18(19)24,15-7-3-2-4-8-15)14-23(12-19)17(22)16-9-5-6-10-21-16/h2-10,17H,11-14H2,1H3/p+2. The lowest BCUT2D eigenvalue weighted by Gasteiger charge is -2.59. The summed E-state index contributed by atoms with van der Waals surface area (Å²) in [4.78, 5) is 21.1. The summed E-state index contributed by atoms with van der Waals surface area (Å²) >= 11 is 0. The Labute approximate surface area is 142 Å². The second-order valence-electron chi connectivity index (χ2n) is 8.05. The van der Waals surface area contributed by atoms with Crippen LogP contribution in [0.2, 0.25) is 0 Å². The van der Waals surface area contributed by atoms with E-state index < -0.39 is 0 Å². The molecule has 2 atom stereocenters. The molecule has 0 amide bonds. The molecule has 0 spiro atoms. The van der Waals surface area contributed by atoms with Crippen molar-refractivity contribution in [2.75, 3.05) is 26.2 Å². The molecule has 4 heteroatoms. The van der Waals surface area contributed by atoms with E-state index in [1.165, 1.54) is 21.1 Å². The highest BCUT2D eigenvalue weighted by molar-refractivity contribution is 5.96. The maximum atomic E-state index is 13.4. The van der Waals surface area contributed by atoms with Crippen LogP contribution in [0, 0.1) is 5.41 Å². The van der Waals surface area contributed by atoms with Crippen molar-refractivity contribution in [2.45, 2.75) is 18.5 Å². The van der Waals surface area contributed by atoms with E-state index in [-0.39, 0.29) is 10.8 Å². The van der Waals surface area contributed by atoms with E-state index >= 15 is 0 Å². The molecule has 2 aromatic rings. The third-order valence-corrected chi connectivity index (χ3v) is 6.40. The van der Waals surface area contributed by atoms with Gasteiger partial charge in [0.2, 0.25) is 0 Å². The van der Waals surface area contributed by atoms with E-state index in [1.807, 2.05) is 18.3 Å². The number of Topliss-reactive ketones (excluding diaryl/α,β-unsaturated/α-hetero) is 1. The van der Waals surface area contributed by atoms with Gasteiger partial charge in [0, 0.05) is 6.20 Å². The molecule has 1 aromatic heterocycles. The van der Waals surface area contributed by atoms with Crippen LogP contribution in [0.3, 0.4) is 0 Å². The van der Waals surface area contributed by atoms with Gasteiger partial charge in [0.05, 0.1) is 0 Å². The summed E-state index contributed by atoms with van der Waals surface area (Å²) in [6, 6.07) is 16.7. The SMILES string of the molecule is CC12C[NH+]3CC(c4ccccc4)(C[NH+](C1)C3c1ccccn1)C2=O. The zero-order chi connectivity index (χ0) is 16.4. The third-order valence-electron chi connectivity index (χ3n) is 6.40. The van der Waals surface area contributed by atoms with E-state index in [9.17, 15) is 4.79 Å². The number of nitrogens with one attached hydrogen (secondary N) is 2. The number of hydrogen-bond acceptors (Lipinski definition) is 2. The molecule has 122 valence electrons. The Morgan fingerprint density at radius 1 is 0.958 bits per heavy atom. The smallest absolute Gasteiger partial charge is 0.257 e. The van der Waals surface area contributed by atoms with Crippen molar-refractivity contribution in [3.05, 3.63) is 66.0 Å². The Morgan fingerprint density at radius 2 is 1.62 bits per heavy atom. The molecule has 0 aliphatic carbocycles. The number of carbonyl (C=O) groups excluding carboxylic acids is 1. The van der Waals surface area contributed by atoms with Crippen molar-refractivity contribution in [1.82, 2.24) is 4.98 Å². The van der Waals surface area contributed by atoms with Gasteiger partial charge in [-0.05, 0) is 24.6 Å². The zero-order valence-corrected chi connectivity index (χ0v) is 14.0. The number of benzene rings is 1. The largest absolute Gasteiger partial charge is 0.297 e. The van der Waals surface area contributed by atoms with Crippen molar-refractivity contribution < 1.29 is 14.6 Å². The monoisotopic (exact) mass is 321 g/mol. The number of rotatable bonds is 2. The fraction of sp³-hybridized carbons (Fsp3) is 0.400. The van der Waals surface area contributed by atoms with Gasteiger partial charge in [-0.1, -0.05) is 36.4 Å². The number of carbonyl (C=O) groups is 1. The summed E-state index contributed by atoms with van der Waals surface area (Å²) < 4.78 is 0. The van der Waals surface area contributed by atoms with Gasteiger partial charge in [-0.15, -0.1) is 0 Å². The molecule has 1 aromatic carbocycles. The van der Waals surface area contributed by atoms with Gasteiger partial charge in [0.25, 0.3) is 6.17 Å². The van der Waals surface area contributed by atoms with Crippen molar-refractivity contribution in [1.29, 1.82) is 0 Å². The fourth-order valence-electron chi connectivity index (χ4n) is 5.68. The average Bonchev–Trinajstić information content (AvgIpc) is 2.60. The van der Waals surface area contributed by atoms with Crippen LogP contribution < -0.4 is 9.80 Å². The van der Waals surface area contributed by atoms with Gasteiger partial charge in [-0.25, -0.2) is 4.98 Å². The number of ketones is 1. The van der Waals surface area contributed by atoms with Crippen molar-refractivity contribution in [3.63, 3.8) is 0 Å². The van der Waals surface area contributed by atoms with Crippen LogP contribution in [0.25, 0.3) is 0 Å². The number of aromatic nitrogens is 1. The molecule has 6 rings (SSSR count). The number of pyridine rings is 1. The summed E-state index contributed by atoms with van der Waals surface area (Å²) in [6.45, 7) is 5.85. The highest BCUT2D eigenvalue weighted by atomic mass is 16.1. The molecule has 4 saturated heterocycles. The third kappa shape index (κ3) is 1.75. The first-order chi connectivity index (χ1) is 11.6. The van der Waals surface area contributed by atoms with Gasteiger partial charge in [-0.3, -0.25) is 14.6 Å². The Bertz CT molecular complexity index is 773. The highest BCUT2D eigenvalue weighted by Gasteiger charge is 2.70. The number of quaternary nitrogens is 2. The van der Waals surface area contributed by atoms with E-state index in [4.69, 9.17) is 0 Å². The number of piperidine rings is 2. The lowest BCUT2D eigenvalue weighted by atomic mass is 9.58. The molecule has 0 radical (unpaired) electrons. The first-order valence-corrected chi connectivity index (χ1v) is 8.83. The van der Waals surface area contributed by atoms with E-state index in [1.54, 1.807) is 0 Å². The van der Waals surface area contributed by atoms with Gasteiger partial charge < -0.3 is 0 Å². The van der Waals surface area contributed by atoms with Gasteiger partial charge in [0.15, 0.2) is 16.9 Å².